The molecule has 0 unspecified atom stereocenters. The molecule has 7 nitrogen and oxygen atoms in total. The van der Waals surface area contributed by atoms with Gasteiger partial charge in [-0.25, -0.2) is 13.2 Å². The van der Waals surface area contributed by atoms with E-state index < -0.39 is 26.2 Å². The van der Waals surface area contributed by atoms with E-state index in [9.17, 15) is 18.0 Å². The van der Waals surface area contributed by atoms with E-state index in [0.29, 0.717) is 5.69 Å². The van der Waals surface area contributed by atoms with Gasteiger partial charge in [0.25, 0.3) is 15.6 Å². The number of benzene rings is 1. The van der Waals surface area contributed by atoms with Crippen molar-refractivity contribution in [2.45, 2.75) is 25.2 Å². The average Bonchev–Trinajstić information content (AvgIpc) is 2.37. The molecule has 2 aromatic rings. The molecular weight excluding hydrogens is 294 g/mol. The zero-order valence-electron chi connectivity index (χ0n) is 11.6. The summed E-state index contributed by atoms with van der Waals surface area (Å²) in [4.78, 5) is 26.5. The van der Waals surface area contributed by atoms with Gasteiger partial charge in [0, 0.05) is 11.4 Å². The molecule has 1 heterocycles. The van der Waals surface area contributed by atoms with Crippen LogP contribution >= 0.6 is 0 Å². The maximum Gasteiger partial charge on any atom is 0.325 e. The Kier molecular flexibility index (Phi) is 3.99. The van der Waals surface area contributed by atoms with Crippen molar-refractivity contribution in [3.63, 3.8) is 0 Å². The summed E-state index contributed by atoms with van der Waals surface area (Å²) in [6, 6.07) is 6.82. The third-order valence-electron chi connectivity index (χ3n) is 2.96. The fraction of sp³-hybridized carbons (Fsp3) is 0.231. The van der Waals surface area contributed by atoms with E-state index >= 15 is 0 Å². The molecule has 0 radical (unpaired) electrons. The molecule has 3 N–H and O–H groups in total. The molecule has 0 aliphatic rings. The van der Waals surface area contributed by atoms with E-state index in [4.69, 9.17) is 0 Å². The van der Waals surface area contributed by atoms with Gasteiger partial charge in [-0.2, -0.15) is 0 Å². The van der Waals surface area contributed by atoms with E-state index in [-0.39, 0.29) is 5.69 Å². The van der Waals surface area contributed by atoms with Crippen molar-refractivity contribution in [2.24, 2.45) is 0 Å². The third kappa shape index (κ3) is 3.22. The fourth-order valence-electron chi connectivity index (χ4n) is 1.93. The van der Waals surface area contributed by atoms with Gasteiger partial charge in [-0.05, 0) is 31.0 Å². The van der Waals surface area contributed by atoms with E-state index in [1.165, 1.54) is 6.92 Å². The molecular formula is C13H15N3O4S. The van der Waals surface area contributed by atoms with Crippen LogP contribution in [0.1, 0.15) is 18.2 Å². The number of aryl methyl sites for hydroxylation is 2. The molecule has 21 heavy (non-hydrogen) atoms. The summed E-state index contributed by atoms with van der Waals surface area (Å²) in [6.45, 7) is 3.34. The average molecular weight is 309 g/mol. The SMILES string of the molecule is CCc1ccc(NS(=O)(=O)c2c(C)[nH]c(=O)[nH]c2=O)cc1. The molecule has 0 aliphatic carbocycles. The summed E-state index contributed by atoms with van der Waals surface area (Å²) in [5.74, 6) is 0. The molecule has 1 aromatic heterocycles. The van der Waals surface area contributed by atoms with Crippen molar-refractivity contribution in [3.8, 4) is 0 Å². The zero-order chi connectivity index (χ0) is 15.6. The molecule has 0 amide bonds. The Labute approximate surface area is 121 Å². The van der Waals surface area contributed by atoms with Gasteiger partial charge in [0.1, 0.15) is 0 Å². The summed E-state index contributed by atoms with van der Waals surface area (Å²) in [6.07, 6.45) is 0.839. The van der Waals surface area contributed by atoms with Crippen molar-refractivity contribution in [3.05, 3.63) is 56.4 Å². The normalized spacial score (nSPS) is 11.3. The summed E-state index contributed by atoms with van der Waals surface area (Å²) < 4.78 is 26.8. The van der Waals surface area contributed by atoms with Crippen LogP contribution in [0.3, 0.4) is 0 Å². The van der Waals surface area contributed by atoms with Crippen molar-refractivity contribution in [1.29, 1.82) is 0 Å². The molecule has 1 aromatic carbocycles. The predicted molar refractivity (Wildman–Crippen MR) is 79.0 cm³/mol. The number of hydrogen-bond donors (Lipinski definition) is 3. The first-order valence-corrected chi connectivity index (χ1v) is 7.77. The van der Waals surface area contributed by atoms with Gasteiger partial charge in [-0.3, -0.25) is 14.5 Å². The zero-order valence-corrected chi connectivity index (χ0v) is 12.4. The molecule has 0 saturated carbocycles. The van der Waals surface area contributed by atoms with Crippen molar-refractivity contribution < 1.29 is 8.42 Å². The largest absolute Gasteiger partial charge is 0.325 e. The van der Waals surface area contributed by atoms with Crippen LogP contribution in [0.4, 0.5) is 5.69 Å². The number of rotatable bonds is 4. The van der Waals surface area contributed by atoms with Crippen LogP contribution in [0, 0.1) is 6.92 Å². The monoisotopic (exact) mass is 309 g/mol. The highest BCUT2D eigenvalue weighted by Crippen LogP contribution is 2.15. The number of anilines is 1. The fourth-order valence-corrected chi connectivity index (χ4v) is 3.22. The molecule has 2 rings (SSSR count). The van der Waals surface area contributed by atoms with Gasteiger partial charge >= 0.3 is 5.69 Å². The Balaban J connectivity index is 2.43. The summed E-state index contributed by atoms with van der Waals surface area (Å²) >= 11 is 0. The highest BCUT2D eigenvalue weighted by atomic mass is 32.2. The van der Waals surface area contributed by atoms with Crippen LogP contribution in [-0.4, -0.2) is 18.4 Å². The summed E-state index contributed by atoms with van der Waals surface area (Å²) in [5.41, 5.74) is -0.299. The van der Waals surface area contributed by atoms with Crippen LogP contribution < -0.4 is 16.0 Å². The lowest BCUT2D eigenvalue weighted by Gasteiger charge is -2.09. The lowest BCUT2D eigenvalue weighted by molar-refractivity contribution is 0.598. The van der Waals surface area contributed by atoms with Crippen molar-refractivity contribution in [1.82, 2.24) is 9.97 Å². The van der Waals surface area contributed by atoms with Gasteiger partial charge in [-0.1, -0.05) is 19.1 Å². The minimum Gasteiger partial charge on any atom is -0.310 e. The van der Waals surface area contributed by atoms with E-state index in [1.54, 1.807) is 24.3 Å². The van der Waals surface area contributed by atoms with Crippen LogP contribution in [0.25, 0.3) is 0 Å². The van der Waals surface area contributed by atoms with Gasteiger partial charge in [0.2, 0.25) is 0 Å². The lowest BCUT2D eigenvalue weighted by atomic mass is 10.2. The quantitative estimate of drug-likeness (QED) is 0.773. The molecule has 0 bridgehead atoms. The highest BCUT2D eigenvalue weighted by molar-refractivity contribution is 7.92. The van der Waals surface area contributed by atoms with Crippen molar-refractivity contribution >= 4 is 15.7 Å². The second-order valence-corrected chi connectivity index (χ2v) is 6.14. The Hall–Kier alpha value is -2.35. The first-order chi connectivity index (χ1) is 9.83. The maximum absolute atomic E-state index is 12.3. The van der Waals surface area contributed by atoms with E-state index in [0.717, 1.165) is 12.0 Å². The molecule has 112 valence electrons. The maximum atomic E-state index is 12.3. The number of nitrogens with one attached hydrogen (secondary N) is 3. The van der Waals surface area contributed by atoms with Gasteiger partial charge in [0.15, 0.2) is 4.90 Å². The van der Waals surface area contributed by atoms with Crippen LogP contribution in [-0.2, 0) is 16.4 Å². The number of hydrogen-bond acceptors (Lipinski definition) is 4. The smallest absolute Gasteiger partial charge is 0.310 e. The minimum absolute atomic E-state index is 0.0126. The topological polar surface area (TPSA) is 112 Å². The Morgan fingerprint density at radius 3 is 2.24 bits per heavy atom. The molecule has 0 spiro atoms. The molecule has 0 aliphatic heterocycles. The highest BCUT2D eigenvalue weighted by Gasteiger charge is 2.22. The molecule has 0 saturated heterocycles. The standard InChI is InChI=1S/C13H15N3O4S/c1-3-9-4-6-10(7-5-9)16-21(19,20)11-8(2)14-13(18)15-12(11)17/h4-7,16H,3H2,1-2H3,(H2,14,15,17,18). The number of aromatic nitrogens is 2. The number of H-pyrrole nitrogens is 2. The Bertz CT molecular complexity index is 864. The minimum atomic E-state index is -4.07. The Morgan fingerprint density at radius 1 is 1.10 bits per heavy atom. The van der Waals surface area contributed by atoms with E-state index in [2.05, 4.69) is 9.71 Å². The van der Waals surface area contributed by atoms with Crippen LogP contribution in [0.5, 0.6) is 0 Å². The van der Waals surface area contributed by atoms with Gasteiger partial charge in [0.05, 0.1) is 0 Å². The van der Waals surface area contributed by atoms with Gasteiger partial charge in [-0.15, -0.1) is 0 Å². The predicted octanol–water partition coefficient (Wildman–Crippen LogP) is 0.735. The number of sulfonamides is 1. The third-order valence-corrected chi connectivity index (χ3v) is 4.49. The first-order valence-electron chi connectivity index (χ1n) is 6.28. The van der Waals surface area contributed by atoms with Gasteiger partial charge < -0.3 is 4.98 Å². The molecule has 0 fully saturated rings. The first kappa shape index (κ1) is 15.0. The summed E-state index contributed by atoms with van der Waals surface area (Å²) in [7, 11) is -4.07. The molecule has 8 heteroatoms. The second-order valence-electron chi connectivity index (χ2n) is 4.52. The summed E-state index contributed by atoms with van der Waals surface area (Å²) in [5, 5.41) is 0. The second kappa shape index (κ2) is 5.57. The molecule has 0 atom stereocenters. The number of aromatic amines is 2. The van der Waals surface area contributed by atoms with E-state index in [1.807, 2.05) is 11.9 Å². The van der Waals surface area contributed by atoms with Crippen LogP contribution in [0.15, 0.2) is 38.8 Å². The van der Waals surface area contributed by atoms with Crippen LogP contribution in [0.2, 0.25) is 0 Å². The van der Waals surface area contributed by atoms with Crippen molar-refractivity contribution in [2.75, 3.05) is 4.72 Å². The lowest BCUT2D eigenvalue weighted by Crippen LogP contribution is -2.31. The Morgan fingerprint density at radius 2 is 1.71 bits per heavy atom.